The van der Waals surface area contributed by atoms with Gasteiger partial charge >= 0.3 is 0 Å². The molecule has 74 valence electrons. The molecule has 0 aliphatic heterocycles. The molecule has 1 N–H and O–H groups in total. The van der Waals surface area contributed by atoms with Crippen molar-refractivity contribution in [2.24, 2.45) is 0 Å². The largest absolute Gasteiger partial charge is 0.490 e. The number of H-pyrrole nitrogens is 1. The van der Waals surface area contributed by atoms with Gasteiger partial charge in [-0.25, -0.2) is 4.52 Å². The van der Waals surface area contributed by atoms with E-state index in [9.17, 15) is 4.79 Å². The van der Waals surface area contributed by atoms with Gasteiger partial charge in [0.05, 0.1) is 18.5 Å². The second-order valence-electron chi connectivity index (χ2n) is 3.16. The van der Waals surface area contributed by atoms with Crippen LogP contribution in [0.5, 0.6) is 5.75 Å². The number of hydrogen-bond donors (Lipinski definition) is 1. The highest BCUT2D eigenvalue weighted by atomic mass is 16.5. The summed E-state index contributed by atoms with van der Waals surface area (Å²) in [5.41, 5.74) is 2.03. The molecule has 5 heteroatoms. The molecular weight excluding hydrogens is 182 g/mol. The molecule has 0 aliphatic rings. The molecular formula is C9H11N3O2. The lowest BCUT2D eigenvalue weighted by atomic mass is 10.4. The first-order valence-corrected chi connectivity index (χ1v) is 4.26. The fourth-order valence-corrected chi connectivity index (χ4v) is 1.52. The minimum absolute atomic E-state index is 0.225. The maximum absolute atomic E-state index is 11.5. The van der Waals surface area contributed by atoms with Gasteiger partial charge in [0.1, 0.15) is 5.65 Å². The molecule has 0 aliphatic carbocycles. The molecule has 5 nitrogen and oxygen atoms in total. The van der Waals surface area contributed by atoms with Crippen LogP contribution in [0.25, 0.3) is 5.65 Å². The number of rotatable bonds is 1. The van der Waals surface area contributed by atoms with Crippen molar-refractivity contribution in [3.05, 3.63) is 27.8 Å². The molecule has 0 spiro atoms. The van der Waals surface area contributed by atoms with Crippen LogP contribution in [0.2, 0.25) is 0 Å². The summed E-state index contributed by atoms with van der Waals surface area (Å²) in [7, 11) is 1.47. The first kappa shape index (κ1) is 8.80. The Kier molecular flexibility index (Phi) is 1.80. The van der Waals surface area contributed by atoms with Crippen molar-refractivity contribution in [3.63, 3.8) is 0 Å². The third-order valence-electron chi connectivity index (χ3n) is 2.13. The van der Waals surface area contributed by atoms with Gasteiger partial charge in [-0.2, -0.15) is 5.10 Å². The van der Waals surface area contributed by atoms with Gasteiger partial charge in [0, 0.05) is 6.07 Å². The molecule has 0 fully saturated rings. The summed E-state index contributed by atoms with van der Waals surface area (Å²) in [5, 5.41) is 4.23. The number of hydrogen-bond acceptors (Lipinski definition) is 3. The second kappa shape index (κ2) is 2.87. The van der Waals surface area contributed by atoms with Gasteiger partial charge in [-0.3, -0.25) is 4.79 Å². The van der Waals surface area contributed by atoms with E-state index in [0.29, 0.717) is 17.1 Å². The van der Waals surface area contributed by atoms with Crippen LogP contribution >= 0.6 is 0 Å². The van der Waals surface area contributed by atoms with Gasteiger partial charge in [0.25, 0.3) is 5.56 Å². The normalized spacial score (nSPS) is 10.8. The lowest BCUT2D eigenvalue weighted by Gasteiger charge is -2.04. The second-order valence-corrected chi connectivity index (χ2v) is 3.16. The number of fused-ring (bicyclic) bond motifs is 1. The predicted octanol–water partition coefficient (Wildman–Crippen LogP) is 0.648. The summed E-state index contributed by atoms with van der Waals surface area (Å²) < 4.78 is 6.65. The molecule has 0 saturated carbocycles. The zero-order valence-electron chi connectivity index (χ0n) is 8.29. The summed E-state index contributed by atoms with van der Waals surface area (Å²) >= 11 is 0. The molecule has 2 rings (SSSR count). The monoisotopic (exact) mass is 193 g/mol. The maximum atomic E-state index is 11.5. The summed E-state index contributed by atoms with van der Waals surface area (Å²) in [6.45, 7) is 3.67. The fourth-order valence-electron chi connectivity index (χ4n) is 1.52. The molecule has 2 aromatic rings. The van der Waals surface area contributed by atoms with Gasteiger partial charge in [0.15, 0.2) is 0 Å². The van der Waals surface area contributed by atoms with Crippen LogP contribution in [0.3, 0.4) is 0 Å². The van der Waals surface area contributed by atoms with Crippen molar-refractivity contribution in [2.75, 3.05) is 7.11 Å². The average Bonchev–Trinajstić information content (AvgIpc) is 2.47. The summed E-state index contributed by atoms with van der Waals surface area (Å²) in [6.07, 6.45) is 0. The van der Waals surface area contributed by atoms with E-state index < -0.39 is 0 Å². The first-order chi connectivity index (χ1) is 6.63. The first-order valence-electron chi connectivity index (χ1n) is 4.26. The van der Waals surface area contributed by atoms with Crippen molar-refractivity contribution in [1.29, 1.82) is 0 Å². The zero-order chi connectivity index (χ0) is 10.3. The minimum Gasteiger partial charge on any atom is -0.490 e. The van der Waals surface area contributed by atoms with Crippen LogP contribution < -0.4 is 10.3 Å². The third-order valence-corrected chi connectivity index (χ3v) is 2.13. The highest BCUT2D eigenvalue weighted by molar-refractivity contribution is 5.43. The van der Waals surface area contributed by atoms with Crippen LogP contribution in [-0.2, 0) is 0 Å². The molecule has 2 heterocycles. The van der Waals surface area contributed by atoms with E-state index in [4.69, 9.17) is 4.74 Å². The van der Waals surface area contributed by atoms with Crippen molar-refractivity contribution in [3.8, 4) is 5.75 Å². The number of aromatic amines is 1. The Labute approximate surface area is 80.3 Å². The molecule has 0 bridgehead atoms. The van der Waals surface area contributed by atoms with Gasteiger partial charge in [-0.05, 0) is 13.8 Å². The van der Waals surface area contributed by atoms with E-state index in [1.807, 2.05) is 13.0 Å². The van der Waals surface area contributed by atoms with Crippen molar-refractivity contribution in [1.82, 2.24) is 14.6 Å². The Morgan fingerprint density at radius 1 is 1.50 bits per heavy atom. The van der Waals surface area contributed by atoms with Gasteiger partial charge < -0.3 is 9.72 Å². The van der Waals surface area contributed by atoms with Crippen LogP contribution in [0.15, 0.2) is 10.9 Å². The van der Waals surface area contributed by atoms with Gasteiger partial charge in [-0.15, -0.1) is 0 Å². The highest BCUT2D eigenvalue weighted by Crippen LogP contribution is 2.12. The van der Waals surface area contributed by atoms with E-state index >= 15 is 0 Å². The predicted molar refractivity (Wildman–Crippen MR) is 51.8 cm³/mol. The van der Waals surface area contributed by atoms with E-state index in [2.05, 4.69) is 10.1 Å². The SMILES string of the molecule is COc1c(C)n2nc(C)cc2[nH]c1=O. The summed E-state index contributed by atoms with van der Waals surface area (Å²) in [4.78, 5) is 14.2. The lowest BCUT2D eigenvalue weighted by molar-refractivity contribution is 0.400. The molecule has 0 unspecified atom stereocenters. The molecule has 0 amide bonds. The maximum Gasteiger partial charge on any atom is 0.293 e. The van der Waals surface area contributed by atoms with Crippen LogP contribution in [-0.4, -0.2) is 21.7 Å². The number of aromatic nitrogens is 3. The molecule has 2 aromatic heterocycles. The van der Waals surface area contributed by atoms with Crippen LogP contribution in [0.4, 0.5) is 0 Å². The van der Waals surface area contributed by atoms with Crippen molar-refractivity contribution in [2.45, 2.75) is 13.8 Å². The van der Waals surface area contributed by atoms with E-state index in [1.54, 1.807) is 11.4 Å². The molecule has 0 saturated heterocycles. The number of methoxy groups -OCH3 is 1. The van der Waals surface area contributed by atoms with Crippen LogP contribution in [0, 0.1) is 13.8 Å². The van der Waals surface area contributed by atoms with E-state index in [1.165, 1.54) is 7.11 Å². The number of nitrogens with zero attached hydrogens (tertiary/aromatic N) is 2. The van der Waals surface area contributed by atoms with Crippen molar-refractivity contribution >= 4 is 5.65 Å². The Bertz CT molecular complexity index is 539. The average molecular weight is 193 g/mol. The Hall–Kier alpha value is -1.78. The Morgan fingerprint density at radius 2 is 2.21 bits per heavy atom. The van der Waals surface area contributed by atoms with Crippen molar-refractivity contribution < 1.29 is 4.74 Å². The molecule has 14 heavy (non-hydrogen) atoms. The smallest absolute Gasteiger partial charge is 0.293 e. The molecule has 0 radical (unpaired) electrons. The summed E-state index contributed by atoms with van der Waals surface area (Å²) in [5.74, 6) is 0.306. The Morgan fingerprint density at radius 3 is 2.86 bits per heavy atom. The fraction of sp³-hybridized carbons (Fsp3) is 0.333. The molecule has 0 aromatic carbocycles. The van der Waals surface area contributed by atoms with E-state index in [-0.39, 0.29) is 5.56 Å². The van der Waals surface area contributed by atoms with Crippen LogP contribution in [0.1, 0.15) is 11.4 Å². The number of nitrogens with one attached hydrogen (secondary N) is 1. The molecule has 0 atom stereocenters. The minimum atomic E-state index is -0.225. The van der Waals surface area contributed by atoms with Gasteiger partial charge in [0.2, 0.25) is 5.75 Å². The zero-order valence-corrected chi connectivity index (χ0v) is 8.29. The third kappa shape index (κ3) is 1.09. The topological polar surface area (TPSA) is 59.4 Å². The standard InChI is InChI=1S/C9H11N3O2/c1-5-4-7-10-9(13)8(14-3)6(2)12(7)11-5/h4H,1-3H3,(H,10,13). The van der Waals surface area contributed by atoms with E-state index in [0.717, 1.165) is 5.69 Å². The number of aryl methyl sites for hydroxylation is 2. The number of ether oxygens (including phenoxy) is 1. The highest BCUT2D eigenvalue weighted by Gasteiger charge is 2.10. The van der Waals surface area contributed by atoms with Gasteiger partial charge in [-0.1, -0.05) is 0 Å². The Balaban J connectivity index is 2.92. The lowest BCUT2D eigenvalue weighted by Crippen LogP contribution is -2.14. The summed E-state index contributed by atoms with van der Waals surface area (Å²) in [6, 6.07) is 1.81. The quantitative estimate of drug-likeness (QED) is 0.723.